The lowest BCUT2D eigenvalue weighted by atomic mass is 10.2. The highest BCUT2D eigenvalue weighted by Crippen LogP contribution is 2.19. The van der Waals surface area contributed by atoms with E-state index < -0.39 is 5.82 Å². The number of nitrogens with one attached hydrogen (secondary N) is 1. The van der Waals surface area contributed by atoms with Crippen molar-refractivity contribution >= 4 is 21.8 Å². The first kappa shape index (κ1) is 16.1. The second-order valence-corrected chi connectivity index (χ2v) is 5.44. The molecule has 0 heterocycles. The van der Waals surface area contributed by atoms with Crippen molar-refractivity contribution in [1.29, 1.82) is 0 Å². The SMILES string of the molecule is CCC(C)N(C)CCNC(=O)c1c(F)cccc1Br. The third-order valence-corrected chi connectivity index (χ3v) is 3.94. The van der Waals surface area contributed by atoms with Crippen molar-refractivity contribution in [1.82, 2.24) is 10.2 Å². The summed E-state index contributed by atoms with van der Waals surface area (Å²) in [6.45, 7) is 5.50. The second kappa shape index (κ2) is 7.60. The Morgan fingerprint density at radius 2 is 2.21 bits per heavy atom. The maximum atomic E-state index is 13.6. The van der Waals surface area contributed by atoms with E-state index in [0.717, 1.165) is 13.0 Å². The Morgan fingerprint density at radius 1 is 1.53 bits per heavy atom. The van der Waals surface area contributed by atoms with Crippen LogP contribution in [0, 0.1) is 5.82 Å². The minimum atomic E-state index is -0.512. The van der Waals surface area contributed by atoms with Crippen LogP contribution < -0.4 is 5.32 Å². The Bertz CT molecular complexity index is 419. The lowest BCUT2D eigenvalue weighted by molar-refractivity contribution is 0.0942. The van der Waals surface area contributed by atoms with Crippen molar-refractivity contribution in [3.05, 3.63) is 34.1 Å². The van der Waals surface area contributed by atoms with Gasteiger partial charge in [-0.3, -0.25) is 4.79 Å². The molecule has 106 valence electrons. The summed E-state index contributed by atoms with van der Waals surface area (Å²) in [7, 11) is 2.01. The normalized spacial score (nSPS) is 12.5. The van der Waals surface area contributed by atoms with Gasteiger partial charge in [0.25, 0.3) is 5.91 Å². The van der Waals surface area contributed by atoms with Gasteiger partial charge in [0.1, 0.15) is 5.82 Å². The average molecular weight is 331 g/mol. The molecule has 1 atom stereocenters. The number of likely N-dealkylation sites (N-methyl/N-ethyl adjacent to an activating group) is 1. The molecule has 1 rings (SSSR count). The van der Waals surface area contributed by atoms with Crippen LogP contribution in [0.2, 0.25) is 0 Å². The molecule has 0 radical (unpaired) electrons. The van der Waals surface area contributed by atoms with Crippen molar-refractivity contribution in [3.8, 4) is 0 Å². The van der Waals surface area contributed by atoms with Crippen molar-refractivity contribution in [3.63, 3.8) is 0 Å². The van der Waals surface area contributed by atoms with Gasteiger partial charge in [-0.15, -0.1) is 0 Å². The summed E-state index contributed by atoms with van der Waals surface area (Å²) in [5, 5.41) is 2.74. The lowest BCUT2D eigenvalue weighted by Gasteiger charge is -2.23. The highest BCUT2D eigenvalue weighted by Gasteiger charge is 2.15. The molecule has 0 bridgehead atoms. The van der Waals surface area contributed by atoms with Gasteiger partial charge in [-0.2, -0.15) is 0 Å². The summed E-state index contributed by atoms with van der Waals surface area (Å²) >= 11 is 3.19. The topological polar surface area (TPSA) is 32.3 Å². The highest BCUT2D eigenvalue weighted by molar-refractivity contribution is 9.10. The van der Waals surface area contributed by atoms with Crippen molar-refractivity contribution < 1.29 is 9.18 Å². The number of carbonyl (C=O) groups is 1. The van der Waals surface area contributed by atoms with E-state index in [4.69, 9.17) is 0 Å². The Morgan fingerprint density at radius 3 is 2.79 bits per heavy atom. The molecular weight excluding hydrogens is 311 g/mol. The van der Waals surface area contributed by atoms with Gasteiger partial charge in [0, 0.05) is 23.6 Å². The molecule has 0 aliphatic rings. The number of hydrogen-bond donors (Lipinski definition) is 1. The van der Waals surface area contributed by atoms with E-state index in [1.54, 1.807) is 12.1 Å². The maximum Gasteiger partial charge on any atom is 0.255 e. The van der Waals surface area contributed by atoms with Gasteiger partial charge in [0.05, 0.1) is 5.56 Å². The van der Waals surface area contributed by atoms with E-state index in [9.17, 15) is 9.18 Å². The van der Waals surface area contributed by atoms with Crippen LogP contribution in [0.1, 0.15) is 30.6 Å². The van der Waals surface area contributed by atoms with Crippen LogP contribution in [0.15, 0.2) is 22.7 Å². The van der Waals surface area contributed by atoms with Gasteiger partial charge in [0.15, 0.2) is 0 Å². The fraction of sp³-hybridized carbons (Fsp3) is 0.500. The fourth-order valence-electron chi connectivity index (χ4n) is 1.68. The van der Waals surface area contributed by atoms with Crippen LogP contribution in [0.25, 0.3) is 0 Å². The average Bonchev–Trinajstić information content (AvgIpc) is 2.37. The predicted octanol–water partition coefficient (Wildman–Crippen LogP) is 3.05. The van der Waals surface area contributed by atoms with Crippen molar-refractivity contribution in [2.24, 2.45) is 0 Å². The first-order valence-electron chi connectivity index (χ1n) is 6.39. The van der Waals surface area contributed by atoms with Crippen LogP contribution >= 0.6 is 15.9 Å². The number of halogens is 2. The molecule has 0 aromatic heterocycles. The summed E-state index contributed by atoms with van der Waals surface area (Å²) in [4.78, 5) is 14.1. The minimum Gasteiger partial charge on any atom is -0.351 e. The Hall–Kier alpha value is -0.940. The third kappa shape index (κ3) is 4.58. The Kier molecular flexibility index (Phi) is 6.45. The van der Waals surface area contributed by atoms with Crippen LogP contribution in [0.3, 0.4) is 0 Å². The minimum absolute atomic E-state index is 0.0636. The van der Waals surface area contributed by atoms with Gasteiger partial charge in [-0.25, -0.2) is 4.39 Å². The van der Waals surface area contributed by atoms with E-state index in [2.05, 4.69) is 40.0 Å². The predicted molar refractivity (Wildman–Crippen MR) is 78.8 cm³/mol. The van der Waals surface area contributed by atoms with E-state index in [1.807, 2.05) is 7.05 Å². The second-order valence-electron chi connectivity index (χ2n) is 4.59. The smallest absolute Gasteiger partial charge is 0.255 e. The molecule has 0 saturated heterocycles. The lowest BCUT2D eigenvalue weighted by Crippen LogP contribution is -2.37. The summed E-state index contributed by atoms with van der Waals surface area (Å²) in [6, 6.07) is 4.97. The third-order valence-electron chi connectivity index (χ3n) is 3.28. The molecule has 1 N–H and O–H groups in total. The molecule has 1 aromatic rings. The molecule has 0 aliphatic carbocycles. The van der Waals surface area contributed by atoms with E-state index in [1.165, 1.54) is 6.07 Å². The van der Waals surface area contributed by atoms with Gasteiger partial charge < -0.3 is 10.2 Å². The van der Waals surface area contributed by atoms with Gasteiger partial charge in [0.2, 0.25) is 0 Å². The number of hydrogen-bond acceptors (Lipinski definition) is 2. The van der Waals surface area contributed by atoms with Crippen molar-refractivity contribution in [2.75, 3.05) is 20.1 Å². The summed E-state index contributed by atoms with van der Waals surface area (Å²) in [5.74, 6) is -0.898. The number of benzene rings is 1. The maximum absolute atomic E-state index is 13.6. The van der Waals surface area contributed by atoms with E-state index in [0.29, 0.717) is 17.1 Å². The first-order valence-corrected chi connectivity index (χ1v) is 7.19. The molecule has 5 heteroatoms. The molecule has 1 unspecified atom stereocenters. The van der Waals surface area contributed by atoms with Gasteiger partial charge in [-0.1, -0.05) is 13.0 Å². The molecule has 1 amide bonds. The molecule has 1 aromatic carbocycles. The zero-order chi connectivity index (χ0) is 14.4. The number of rotatable bonds is 6. The quantitative estimate of drug-likeness (QED) is 0.869. The molecule has 0 fully saturated rings. The summed E-state index contributed by atoms with van der Waals surface area (Å²) in [5.41, 5.74) is 0.0636. The monoisotopic (exact) mass is 330 g/mol. The number of amides is 1. The first-order chi connectivity index (χ1) is 8.97. The zero-order valence-electron chi connectivity index (χ0n) is 11.5. The summed E-state index contributed by atoms with van der Waals surface area (Å²) < 4.78 is 14.0. The molecule has 3 nitrogen and oxygen atoms in total. The standard InChI is InChI=1S/C14H20BrFN2O/c1-4-10(2)18(3)9-8-17-14(19)13-11(15)6-5-7-12(13)16/h5-7,10H,4,8-9H2,1-3H3,(H,17,19). The molecule has 0 aliphatic heterocycles. The van der Waals surface area contributed by atoms with Gasteiger partial charge >= 0.3 is 0 Å². The van der Waals surface area contributed by atoms with E-state index >= 15 is 0 Å². The van der Waals surface area contributed by atoms with Crippen LogP contribution in [-0.2, 0) is 0 Å². The Labute approximate surface area is 122 Å². The zero-order valence-corrected chi connectivity index (χ0v) is 13.1. The highest BCUT2D eigenvalue weighted by atomic mass is 79.9. The molecule has 0 spiro atoms. The largest absolute Gasteiger partial charge is 0.351 e. The number of nitrogens with zero attached hydrogens (tertiary/aromatic N) is 1. The van der Waals surface area contributed by atoms with Gasteiger partial charge in [-0.05, 0) is 48.5 Å². The van der Waals surface area contributed by atoms with E-state index in [-0.39, 0.29) is 11.5 Å². The summed E-state index contributed by atoms with van der Waals surface area (Å²) in [6.07, 6.45) is 1.06. The Balaban J connectivity index is 2.53. The molecule has 0 saturated carbocycles. The molecule has 19 heavy (non-hydrogen) atoms. The fourth-order valence-corrected chi connectivity index (χ4v) is 2.20. The van der Waals surface area contributed by atoms with Crippen LogP contribution in [0.5, 0.6) is 0 Å². The number of carbonyl (C=O) groups excluding carboxylic acids is 1. The van der Waals surface area contributed by atoms with Crippen LogP contribution in [0.4, 0.5) is 4.39 Å². The molecular formula is C14H20BrFN2O. The van der Waals surface area contributed by atoms with Crippen molar-refractivity contribution in [2.45, 2.75) is 26.3 Å². The van der Waals surface area contributed by atoms with Crippen LogP contribution in [-0.4, -0.2) is 37.0 Å².